The molecule has 0 aliphatic heterocycles. The van der Waals surface area contributed by atoms with Gasteiger partial charge in [0.2, 0.25) is 0 Å². The summed E-state index contributed by atoms with van der Waals surface area (Å²) in [4.78, 5) is 19.7. The van der Waals surface area contributed by atoms with E-state index in [2.05, 4.69) is 49.7 Å². The minimum Gasteiger partial charge on any atom is -0.321 e. The van der Waals surface area contributed by atoms with Gasteiger partial charge in [-0.1, -0.05) is 48.5 Å². The Morgan fingerprint density at radius 1 is 0.857 bits per heavy atom. The average molecular weight is 462 g/mol. The number of hydrogen-bond donors (Lipinski definition) is 2. The van der Waals surface area contributed by atoms with Crippen molar-refractivity contribution in [3.05, 3.63) is 114 Å². The van der Waals surface area contributed by atoms with E-state index in [1.54, 1.807) is 0 Å². The molecule has 1 amide bonds. The molecule has 0 spiro atoms. The van der Waals surface area contributed by atoms with Crippen LogP contribution in [0.4, 0.5) is 5.69 Å². The molecule has 0 saturated heterocycles. The first-order chi connectivity index (χ1) is 17.0. The number of H-pyrrole nitrogens is 1. The summed E-state index contributed by atoms with van der Waals surface area (Å²) in [6.45, 7) is 0.811. The second-order valence-electron chi connectivity index (χ2n) is 8.97. The Morgan fingerprint density at radius 2 is 1.69 bits per heavy atom. The molecule has 5 rings (SSSR count). The van der Waals surface area contributed by atoms with Crippen molar-refractivity contribution in [1.29, 1.82) is 0 Å². The highest BCUT2D eigenvalue weighted by Gasteiger charge is 2.16. The Balaban J connectivity index is 1.39. The van der Waals surface area contributed by atoms with E-state index in [-0.39, 0.29) is 5.91 Å². The second-order valence-corrected chi connectivity index (χ2v) is 8.97. The van der Waals surface area contributed by atoms with Gasteiger partial charge >= 0.3 is 0 Å². The molecule has 35 heavy (non-hydrogen) atoms. The highest BCUT2D eigenvalue weighted by molar-refractivity contribution is 6.11. The summed E-state index contributed by atoms with van der Waals surface area (Å²) in [5, 5.41) is 11.1. The van der Waals surface area contributed by atoms with Gasteiger partial charge in [0.15, 0.2) is 5.69 Å². The Morgan fingerprint density at radius 3 is 2.51 bits per heavy atom. The van der Waals surface area contributed by atoms with Gasteiger partial charge in [-0.2, -0.15) is 5.10 Å². The van der Waals surface area contributed by atoms with Gasteiger partial charge in [-0.05, 0) is 73.1 Å². The molecule has 0 radical (unpaired) electrons. The predicted molar refractivity (Wildman–Crippen MR) is 140 cm³/mol. The Labute approximate surface area is 204 Å². The van der Waals surface area contributed by atoms with E-state index < -0.39 is 0 Å². The van der Waals surface area contributed by atoms with E-state index >= 15 is 0 Å². The van der Waals surface area contributed by atoms with Crippen LogP contribution in [0.1, 0.15) is 27.2 Å². The lowest BCUT2D eigenvalue weighted by molar-refractivity contribution is 0.102. The third-order valence-corrected chi connectivity index (χ3v) is 5.84. The summed E-state index contributed by atoms with van der Waals surface area (Å²) in [5.41, 5.74) is 7.42. The maximum absolute atomic E-state index is 13.2. The van der Waals surface area contributed by atoms with Gasteiger partial charge in [0.05, 0.1) is 5.52 Å². The number of nitrogens with one attached hydrogen (secondary N) is 2. The molecule has 174 valence electrons. The van der Waals surface area contributed by atoms with Crippen LogP contribution < -0.4 is 5.32 Å². The smallest absolute Gasteiger partial charge is 0.276 e. The number of benzene rings is 3. The number of carbonyl (C=O) groups is 1. The van der Waals surface area contributed by atoms with Crippen molar-refractivity contribution in [2.75, 3.05) is 19.4 Å². The van der Waals surface area contributed by atoms with E-state index in [1.165, 1.54) is 5.56 Å². The van der Waals surface area contributed by atoms with E-state index in [0.29, 0.717) is 5.69 Å². The van der Waals surface area contributed by atoms with Gasteiger partial charge < -0.3 is 10.2 Å². The number of fused-ring (bicyclic) bond motifs is 1. The molecule has 0 fully saturated rings. The molecule has 2 N–H and O–H groups in total. The number of hydrogen-bond acceptors (Lipinski definition) is 4. The zero-order valence-electron chi connectivity index (χ0n) is 19.8. The maximum atomic E-state index is 13.2. The minimum atomic E-state index is -0.246. The fourth-order valence-corrected chi connectivity index (χ4v) is 4.24. The summed E-state index contributed by atoms with van der Waals surface area (Å²) >= 11 is 0. The second kappa shape index (κ2) is 9.91. The number of rotatable bonds is 7. The van der Waals surface area contributed by atoms with Gasteiger partial charge in [-0.3, -0.25) is 14.9 Å². The Kier molecular flexibility index (Phi) is 6.37. The highest BCUT2D eigenvalue weighted by atomic mass is 16.1. The Bertz CT molecular complexity index is 1470. The fourth-order valence-electron chi connectivity index (χ4n) is 4.24. The lowest BCUT2D eigenvalue weighted by Crippen LogP contribution is -2.13. The molecule has 3 aromatic carbocycles. The first-order valence-corrected chi connectivity index (χ1v) is 11.6. The van der Waals surface area contributed by atoms with Gasteiger partial charge in [-0.25, -0.2) is 0 Å². The van der Waals surface area contributed by atoms with E-state index in [4.69, 9.17) is 0 Å². The number of amides is 1. The van der Waals surface area contributed by atoms with Crippen molar-refractivity contribution >= 4 is 22.5 Å². The Hall–Kier alpha value is -4.29. The van der Waals surface area contributed by atoms with Gasteiger partial charge in [-0.15, -0.1) is 0 Å². The molecule has 0 saturated carbocycles. The zero-order chi connectivity index (χ0) is 24.2. The average Bonchev–Trinajstić information content (AvgIpc) is 3.28. The van der Waals surface area contributed by atoms with Crippen LogP contribution in [0.2, 0.25) is 0 Å². The maximum Gasteiger partial charge on any atom is 0.276 e. The SMILES string of the molecule is CN(C)Cc1cncc(-c2ccc3[nH]nc(C(=O)Nc4cccc(Cc5ccccc5)c4)c3c2)c1. The molecular weight excluding hydrogens is 434 g/mol. The number of anilines is 1. The predicted octanol–water partition coefficient (Wildman–Crippen LogP) is 5.53. The third-order valence-electron chi connectivity index (χ3n) is 5.84. The topological polar surface area (TPSA) is 73.9 Å². The number of carbonyl (C=O) groups excluding carboxylic acids is 1. The largest absolute Gasteiger partial charge is 0.321 e. The van der Waals surface area contributed by atoms with Crippen molar-refractivity contribution < 1.29 is 4.79 Å². The van der Waals surface area contributed by atoms with Crippen molar-refractivity contribution in [1.82, 2.24) is 20.1 Å². The fraction of sp³-hybridized carbons (Fsp3) is 0.138. The van der Waals surface area contributed by atoms with Crippen LogP contribution >= 0.6 is 0 Å². The third kappa shape index (κ3) is 5.28. The van der Waals surface area contributed by atoms with Crippen molar-refractivity contribution in [2.24, 2.45) is 0 Å². The zero-order valence-corrected chi connectivity index (χ0v) is 19.8. The molecule has 2 aromatic heterocycles. The van der Waals surface area contributed by atoms with Crippen molar-refractivity contribution in [2.45, 2.75) is 13.0 Å². The summed E-state index contributed by atoms with van der Waals surface area (Å²) in [6.07, 6.45) is 4.53. The van der Waals surface area contributed by atoms with Crippen LogP contribution in [0.3, 0.4) is 0 Å². The molecule has 0 bridgehead atoms. The molecule has 0 unspecified atom stereocenters. The summed E-state index contributed by atoms with van der Waals surface area (Å²) in [5.74, 6) is -0.246. The van der Waals surface area contributed by atoms with Gasteiger partial charge in [0.1, 0.15) is 0 Å². The summed E-state index contributed by atoms with van der Waals surface area (Å²) < 4.78 is 0. The van der Waals surface area contributed by atoms with Crippen LogP contribution in [0.25, 0.3) is 22.0 Å². The molecule has 2 heterocycles. The molecular formula is C29H27N5O. The first kappa shape index (κ1) is 22.5. The standard InChI is InChI=1S/C29H27N5O/c1-34(2)19-22-14-24(18-30-17-22)23-11-12-27-26(16-23)28(33-32-27)29(35)31-25-10-6-9-21(15-25)13-20-7-4-3-5-8-20/h3-12,14-18H,13,19H2,1-2H3,(H,31,35)(H,32,33). The van der Waals surface area contributed by atoms with E-state index in [1.807, 2.05) is 81.1 Å². The number of aromatic amines is 1. The monoisotopic (exact) mass is 461 g/mol. The quantitative estimate of drug-likeness (QED) is 0.334. The van der Waals surface area contributed by atoms with Gasteiger partial charge in [0, 0.05) is 35.6 Å². The number of pyridine rings is 1. The van der Waals surface area contributed by atoms with Crippen LogP contribution in [-0.2, 0) is 13.0 Å². The number of nitrogens with zero attached hydrogens (tertiary/aromatic N) is 3. The van der Waals surface area contributed by atoms with Gasteiger partial charge in [0.25, 0.3) is 5.91 Å². The normalized spacial score (nSPS) is 11.2. The molecule has 0 aliphatic carbocycles. The lowest BCUT2D eigenvalue weighted by Gasteiger charge is -2.10. The van der Waals surface area contributed by atoms with Crippen LogP contribution in [-0.4, -0.2) is 40.1 Å². The molecule has 0 aliphatic rings. The summed E-state index contributed by atoms with van der Waals surface area (Å²) in [6, 6.07) is 26.3. The summed E-state index contributed by atoms with van der Waals surface area (Å²) in [7, 11) is 4.07. The van der Waals surface area contributed by atoms with Crippen LogP contribution in [0.15, 0.2) is 91.3 Å². The minimum absolute atomic E-state index is 0.246. The lowest BCUT2D eigenvalue weighted by atomic mass is 10.0. The van der Waals surface area contributed by atoms with Crippen LogP contribution in [0.5, 0.6) is 0 Å². The number of aromatic nitrogens is 3. The molecule has 6 heteroatoms. The highest BCUT2D eigenvalue weighted by Crippen LogP contribution is 2.26. The molecule has 0 atom stereocenters. The van der Waals surface area contributed by atoms with E-state index in [9.17, 15) is 4.79 Å². The first-order valence-electron chi connectivity index (χ1n) is 11.6. The molecule has 5 aromatic rings. The van der Waals surface area contributed by atoms with Crippen molar-refractivity contribution in [3.8, 4) is 11.1 Å². The van der Waals surface area contributed by atoms with E-state index in [0.717, 1.165) is 51.8 Å². The molecule has 6 nitrogen and oxygen atoms in total. The van der Waals surface area contributed by atoms with Crippen LogP contribution in [0, 0.1) is 0 Å². The van der Waals surface area contributed by atoms with Crippen molar-refractivity contribution in [3.63, 3.8) is 0 Å².